The SMILES string of the molecule is O=C1CCC(N2C(=O)c3cccc(N4CC(NC(=O)C(NC(=O)c5ccccc5)C5CC5)C4)c3C2=O)C(=O)N1. The first-order valence-electron chi connectivity index (χ1n) is 13.1. The molecule has 1 aliphatic carbocycles. The van der Waals surface area contributed by atoms with E-state index in [9.17, 15) is 28.8 Å². The van der Waals surface area contributed by atoms with Gasteiger partial charge in [-0.05, 0) is 49.4 Å². The molecule has 0 aromatic heterocycles. The van der Waals surface area contributed by atoms with Crippen LogP contribution in [0.15, 0.2) is 48.5 Å². The number of nitrogens with zero attached hydrogens (tertiary/aromatic N) is 2. The maximum atomic E-state index is 13.4. The summed E-state index contributed by atoms with van der Waals surface area (Å²) in [4.78, 5) is 78.9. The van der Waals surface area contributed by atoms with Crippen LogP contribution >= 0.6 is 0 Å². The number of rotatable bonds is 7. The Bertz CT molecular complexity index is 1400. The minimum atomic E-state index is -1.03. The van der Waals surface area contributed by atoms with Crippen molar-refractivity contribution < 1.29 is 28.8 Å². The normalized spacial score (nSPS) is 21.7. The maximum Gasteiger partial charge on any atom is 0.264 e. The minimum Gasteiger partial charge on any atom is -0.367 e. The third kappa shape index (κ3) is 4.53. The number of carbonyl (C=O) groups is 6. The second-order valence-electron chi connectivity index (χ2n) is 10.4. The first-order chi connectivity index (χ1) is 18.8. The lowest BCUT2D eigenvalue weighted by Crippen LogP contribution is -2.62. The van der Waals surface area contributed by atoms with Gasteiger partial charge in [-0.2, -0.15) is 0 Å². The Morgan fingerprint density at radius 2 is 1.64 bits per heavy atom. The van der Waals surface area contributed by atoms with Crippen molar-refractivity contribution in [3.05, 3.63) is 65.2 Å². The van der Waals surface area contributed by atoms with Crippen molar-refractivity contribution in [3.8, 4) is 0 Å². The molecule has 11 heteroatoms. The van der Waals surface area contributed by atoms with Crippen LogP contribution in [0.2, 0.25) is 0 Å². The van der Waals surface area contributed by atoms with Crippen LogP contribution in [-0.2, 0) is 14.4 Å². The van der Waals surface area contributed by atoms with Crippen molar-refractivity contribution in [2.24, 2.45) is 5.92 Å². The lowest BCUT2D eigenvalue weighted by Gasteiger charge is -2.42. The second-order valence-corrected chi connectivity index (χ2v) is 10.4. The van der Waals surface area contributed by atoms with E-state index in [-0.39, 0.29) is 47.7 Å². The highest BCUT2D eigenvalue weighted by Gasteiger charge is 2.47. The molecule has 200 valence electrons. The predicted octanol–water partition coefficient (Wildman–Crippen LogP) is 0.601. The van der Waals surface area contributed by atoms with Crippen molar-refractivity contribution in [3.63, 3.8) is 0 Å². The van der Waals surface area contributed by atoms with Crippen molar-refractivity contribution >= 4 is 41.1 Å². The number of amides is 6. The molecule has 39 heavy (non-hydrogen) atoms. The molecule has 6 amide bonds. The molecule has 6 rings (SSSR count). The predicted molar refractivity (Wildman–Crippen MR) is 138 cm³/mol. The number of carbonyl (C=O) groups excluding carboxylic acids is 6. The zero-order chi connectivity index (χ0) is 27.3. The Labute approximate surface area is 223 Å². The van der Waals surface area contributed by atoms with Gasteiger partial charge in [0.25, 0.3) is 17.7 Å². The van der Waals surface area contributed by atoms with Gasteiger partial charge >= 0.3 is 0 Å². The number of benzene rings is 2. The van der Waals surface area contributed by atoms with E-state index < -0.39 is 35.7 Å². The van der Waals surface area contributed by atoms with Gasteiger partial charge < -0.3 is 15.5 Å². The lowest BCUT2D eigenvalue weighted by atomic mass is 10.0. The Balaban J connectivity index is 1.11. The van der Waals surface area contributed by atoms with Crippen LogP contribution in [0.4, 0.5) is 5.69 Å². The number of nitrogens with one attached hydrogen (secondary N) is 3. The smallest absolute Gasteiger partial charge is 0.264 e. The van der Waals surface area contributed by atoms with Gasteiger partial charge in [0.05, 0.1) is 22.9 Å². The monoisotopic (exact) mass is 529 g/mol. The molecule has 3 aliphatic heterocycles. The van der Waals surface area contributed by atoms with Gasteiger partial charge in [-0.15, -0.1) is 0 Å². The highest BCUT2D eigenvalue weighted by molar-refractivity contribution is 6.25. The molecular formula is C28H27N5O6. The van der Waals surface area contributed by atoms with Crippen LogP contribution in [0.25, 0.3) is 0 Å². The third-order valence-electron chi connectivity index (χ3n) is 7.71. The first-order valence-corrected chi connectivity index (χ1v) is 13.1. The van der Waals surface area contributed by atoms with Crippen molar-refractivity contribution in [1.29, 1.82) is 0 Å². The van der Waals surface area contributed by atoms with E-state index in [2.05, 4.69) is 16.0 Å². The Morgan fingerprint density at radius 3 is 2.33 bits per heavy atom. The van der Waals surface area contributed by atoms with Gasteiger partial charge in [0, 0.05) is 25.1 Å². The lowest BCUT2D eigenvalue weighted by molar-refractivity contribution is -0.136. The molecular weight excluding hydrogens is 502 g/mol. The Kier molecular flexibility index (Phi) is 6.13. The largest absolute Gasteiger partial charge is 0.367 e. The zero-order valence-corrected chi connectivity index (χ0v) is 21.0. The topological polar surface area (TPSA) is 145 Å². The molecule has 2 aromatic carbocycles. The van der Waals surface area contributed by atoms with E-state index in [1.165, 1.54) is 0 Å². The molecule has 0 radical (unpaired) electrons. The van der Waals surface area contributed by atoms with Gasteiger partial charge in [-0.3, -0.25) is 39.0 Å². The Morgan fingerprint density at radius 1 is 0.897 bits per heavy atom. The fraction of sp³-hybridized carbons (Fsp3) is 0.357. The number of piperidine rings is 1. The van der Waals surface area contributed by atoms with Crippen LogP contribution in [0, 0.1) is 5.92 Å². The van der Waals surface area contributed by atoms with Gasteiger partial charge in [0.1, 0.15) is 12.1 Å². The number of fused-ring (bicyclic) bond motifs is 1. The minimum absolute atomic E-state index is 0.0534. The van der Waals surface area contributed by atoms with E-state index in [1.54, 1.807) is 42.5 Å². The van der Waals surface area contributed by atoms with Gasteiger partial charge in [0.2, 0.25) is 17.7 Å². The summed E-state index contributed by atoms with van der Waals surface area (Å²) in [6.45, 7) is 0.845. The standard InChI is InChI=1S/C28H27N5O6/c34-21-12-11-20(25(36)30-21)33-27(38)18-7-4-8-19(22(18)28(33)39)32-13-17(14-32)29-26(37)23(15-9-10-15)31-24(35)16-5-2-1-3-6-16/h1-8,15,17,20,23H,9-14H2,(H,29,37)(H,31,35)(H,30,34,36). The average Bonchev–Trinajstić information content (AvgIpc) is 3.71. The van der Waals surface area contributed by atoms with Gasteiger partial charge in [-0.1, -0.05) is 24.3 Å². The molecule has 0 bridgehead atoms. The van der Waals surface area contributed by atoms with Crippen LogP contribution in [-0.4, -0.2) is 71.6 Å². The maximum absolute atomic E-state index is 13.4. The molecule has 2 atom stereocenters. The summed E-state index contributed by atoms with van der Waals surface area (Å²) in [6.07, 6.45) is 1.89. The summed E-state index contributed by atoms with van der Waals surface area (Å²) in [7, 11) is 0. The molecule has 11 nitrogen and oxygen atoms in total. The van der Waals surface area contributed by atoms with E-state index >= 15 is 0 Å². The average molecular weight is 530 g/mol. The number of hydrogen-bond donors (Lipinski definition) is 3. The number of hydrogen-bond acceptors (Lipinski definition) is 7. The highest BCUT2D eigenvalue weighted by Crippen LogP contribution is 2.36. The molecule has 3 heterocycles. The summed E-state index contributed by atoms with van der Waals surface area (Å²) in [5.74, 6) is -2.62. The van der Waals surface area contributed by atoms with Gasteiger partial charge in [0.15, 0.2) is 0 Å². The Hall–Kier alpha value is -4.54. The van der Waals surface area contributed by atoms with Crippen LogP contribution in [0.3, 0.4) is 0 Å². The number of anilines is 1. The van der Waals surface area contributed by atoms with E-state index in [4.69, 9.17) is 0 Å². The van der Waals surface area contributed by atoms with E-state index in [0.717, 1.165) is 17.7 Å². The van der Waals surface area contributed by atoms with Gasteiger partial charge in [-0.25, -0.2) is 0 Å². The summed E-state index contributed by atoms with van der Waals surface area (Å²) < 4.78 is 0. The molecule has 2 saturated heterocycles. The van der Waals surface area contributed by atoms with Crippen molar-refractivity contribution in [2.45, 2.75) is 43.8 Å². The third-order valence-corrected chi connectivity index (χ3v) is 7.71. The van der Waals surface area contributed by atoms with Crippen molar-refractivity contribution in [1.82, 2.24) is 20.9 Å². The molecule has 3 N–H and O–H groups in total. The molecule has 2 unspecified atom stereocenters. The highest BCUT2D eigenvalue weighted by atomic mass is 16.2. The molecule has 4 aliphatic rings. The summed E-state index contributed by atoms with van der Waals surface area (Å²) in [6, 6.07) is 11.9. The molecule has 3 fully saturated rings. The summed E-state index contributed by atoms with van der Waals surface area (Å²) in [5.41, 5.74) is 1.49. The number of imide groups is 2. The quantitative estimate of drug-likeness (QED) is 0.446. The zero-order valence-electron chi connectivity index (χ0n) is 21.0. The second kappa shape index (κ2) is 9.64. The van der Waals surface area contributed by atoms with E-state index in [1.807, 2.05) is 11.0 Å². The first kappa shape index (κ1) is 24.8. The van der Waals surface area contributed by atoms with Crippen LogP contribution in [0.1, 0.15) is 56.8 Å². The van der Waals surface area contributed by atoms with Crippen LogP contribution < -0.4 is 20.9 Å². The fourth-order valence-corrected chi connectivity index (χ4v) is 5.46. The van der Waals surface area contributed by atoms with E-state index in [0.29, 0.717) is 24.3 Å². The van der Waals surface area contributed by atoms with Crippen molar-refractivity contribution in [2.75, 3.05) is 18.0 Å². The molecule has 0 spiro atoms. The fourth-order valence-electron chi connectivity index (χ4n) is 5.46. The summed E-state index contributed by atoms with van der Waals surface area (Å²) >= 11 is 0. The molecule has 1 saturated carbocycles. The summed E-state index contributed by atoms with van der Waals surface area (Å²) in [5, 5.41) is 8.08. The molecule has 2 aromatic rings. The van der Waals surface area contributed by atoms with Crippen LogP contribution in [0.5, 0.6) is 0 Å².